The predicted molar refractivity (Wildman–Crippen MR) is 75.8 cm³/mol. The van der Waals surface area contributed by atoms with Crippen LogP contribution >= 0.6 is 11.6 Å². The van der Waals surface area contributed by atoms with Crippen molar-refractivity contribution in [3.8, 4) is 6.07 Å². The van der Waals surface area contributed by atoms with E-state index in [0.29, 0.717) is 12.8 Å². The molecule has 1 saturated carbocycles. The predicted octanol–water partition coefficient (Wildman–Crippen LogP) is 1.75. The Balaban J connectivity index is 2.34. The van der Waals surface area contributed by atoms with E-state index in [-0.39, 0.29) is 16.4 Å². The molecule has 0 saturated heterocycles. The van der Waals surface area contributed by atoms with Crippen LogP contribution in [-0.4, -0.2) is 31.1 Å². The number of halogens is 1. The molecule has 0 radical (unpaired) electrons. The van der Waals surface area contributed by atoms with Gasteiger partial charge in [-0.25, -0.2) is 8.42 Å². The maximum Gasteiger partial charge on any atom is 0.250 e. The first-order chi connectivity index (χ1) is 9.70. The van der Waals surface area contributed by atoms with Crippen LogP contribution in [0.15, 0.2) is 29.2 Å². The van der Waals surface area contributed by atoms with E-state index in [4.69, 9.17) is 16.9 Å². The number of alkyl halides is 1. The Morgan fingerprint density at radius 1 is 1.29 bits per heavy atom. The maximum absolute atomic E-state index is 12.3. The molecule has 1 unspecified atom stereocenters. The average molecular weight is 326 g/mol. The number of nitrogens with zero attached hydrogens (tertiary/aromatic N) is 1. The van der Waals surface area contributed by atoms with Gasteiger partial charge in [-0.05, 0) is 37.1 Å². The summed E-state index contributed by atoms with van der Waals surface area (Å²) in [6.07, 6.45) is 2.31. The van der Waals surface area contributed by atoms with Gasteiger partial charge in [0.1, 0.15) is 6.07 Å². The summed E-state index contributed by atoms with van der Waals surface area (Å²) in [5, 5.41) is 9.13. The number of rotatable bonds is 5. The van der Waals surface area contributed by atoms with E-state index in [1.165, 1.54) is 24.3 Å². The maximum atomic E-state index is 12.3. The SMILES string of the molecule is CS(=O)(=O)c1ccc(C(=O)C(Cl)(C#N)C(=O)C2CC2)cc1. The van der Waals surface area contributed by atoms with Crippen molar-refractivity contribution in [2.75, 3.05) is 6.26 Å². The molecule has 7 heteroatoms. The molecule has 1 aliphatic rings. The number of hydrogen-bond donors (Lipinski definition) is 0. The molecule has 2 rings (SSSR count). The third-order valence-electron chi connectivity index (χ3n) is 3.30. The second-order valence-electron chi connectivity index (χ2n) is 5.03. The number of nitriles is 1. The van der Waals surface area contributed by atoms with Crippen LogP contribution < -0.4 is 0 Å². The van der Waals surface area contributed by atoms with E-state index in [2.05, 4.69) is 0 Å². The Labute approximate surface area is 127 Å². The zero-order valence-electron chi connectivity index (χ0n) is 11.2. The number of sulfone groups is 1. The lowest BCUT2D eigenvalue weighted by Crippen LogP contribution is -2.41. The van der Waals surface area contributed by atoms with Crippen LogP contribution in [0.5, 0.6) is 0 Å². The highest BCUT2D eigenvalue weighted by atomic mass is 35.5. The van der Waals surface area contributed by atoms with Crippen molar-refractivity contribution in [2.24, 2.45) is 5.92 Å². The van der Waals surface area contributed by atoms with Crippen LogP contribution in [0.4, 0.5) is 0 Å². The minimum absolute atomic E-state index is 0.0351. The number of carbonyl (C=O) groups is 2. The molecule has 1 atom stereocenters. The molecule has 1 fully saturated rings. The van der Waals surface area contributed by atoms with E-state index in [9.17, 15) is 18.0 Å². The van der Waals surface area contributed by atoms with Crippen molar-refractivity contribution in [2.45, 2.75) is 22.6 Å². The summed E-state index contributed by atoms with van der Waals surface area (Å²) >= 11 is 5.95. The zero-order valence-corrected chi connectivity index (χ0v) is 12.7. The van der Waals surface area contributed by atoms with Crippen molar-refractivity contribution in [3.63, 3.8) is 0 Å². The number of Topliss-reactive ketones (excluding diaryl/α,β-unsaturated/α-hetero) is 2. The fourth-order valence-corrected chi connectivity index (χ4v) is 2.79. The Bertz CT molecular complexity index is 744. The van der Waals surface area contributed by atoms with Crippen molar-refractivity contribution in [3.05, 3.63) is 29.8 Å². The number of carbonyl (C=O) groups excluding carboxylic acids is 2. The second kappa shape index (κ2) is 5.24. The third kappa shape index (κ3) is 2.99. The summed E-state index contributed by atoms with van der Waals surface area (Å²) in [7, 11) is -3.38. The lowest BCUT2D eigenvalue weighted by Gasteiger charge is -2.16. The highest BCUT2D eigenvalue weighted by Gasteiger charge is 2.50. The van der Waals surface area contributed by atoms with Gasteiger partial charge < -0.3 is 0 Å². The van der Waals surface area contributed by atoms with Crippen LogP contribution in [0.25, 0.3) is 0 Å². The van der Waals surface area contributed by atoms with Crippen LogP contribution in [-0.2, 0) is 14.6 Å². The molecule has 1 aromatic rings. The molecule has 110 valence electrons. The molecule has 0 aromatic heterocycles. The standard InChI is InChI=1S/C14H12ClNO4S/c1-21(19,20)11-6-4-10(5-7-11)13(18)14(15,8-16)12(17)9-2-3-9/h4-7,9H,2-3H2,1H3. The van der Waals surface area contributed by atoms with Gasteiger partial charge in [-0.3, -0.25) is 9.59 Å². The van der Waals surface area contributed by atoms with Crippen molar-refractivity contribution in [1.29, 1.82) is 5.26 Å². The molecule has 5 nitrogen and oxygen atoms in total. The molecular formula is C14H12ClNO4S. The van der Waals surface area contributed by atoms with Gasteiger partial charge in [0.15, 0.2) is 15.6 Å². The van der Waals surface area contributed by atoms with Crippen molar-refractivity contribution >= 4 is 33.0 Å². The van der Waals surface area contributed by atoms with Crippen molar-refractivity contribution in [1.82, 2.24) is 0 Å². The monoisotopic (exact) mass is 325 g/mol. The van der Waals surface area contributed by atoms with Gasteiger partial charge in [0.05, 0.1) is 4.90 Å². The summed E-state index contributed by atoms with van der Waals surface area (Å²) in [6.45, 7) is 0. The summed E-state index contributed by atoms with van der Waals surface area (Å²) < 4.78 is 22.7. The van der Waals surface area contributed by atoms with E-state index < -0.39 is 26.3 Å². The lowest BCUT2D eigenvalue weighted by molar-refractivity contribution is -0.120. The molecule has 21 heavy (non-hydrogen) atoms. The zero-order chi connectivity index (χ0) is 15.8. The van der Waals surface area contributed by atoms with Gasteiger partial charge in [0.2, 0.25) is 5.78 Å². The summed E-state index contributed by atoms with van der Waals surface area (Å²) in [6, 6.07) is 6.60. The van der Waals surface area contributed by atoms with E-state index in [0.717, 1.165) is 6.26 Å². The smallest absolute Gasteiger partial charge is 0.250 e. The molecule has 0 bridgehead atoms. The first-order valence-electron chi connectivity index (χ1n) is 6.19. The Kier molecular flexibility index (Phi) is 3.91. The topological polar surface area (TPSA) is 92.1 Å². The lowest BCUT2D eigenvalue weighted by atomic mass is 9.91. The van der Waals surface area contributed by atoms with Crippen LogP contribution in [0.3, 0.4) is 0 Å². The van der Waals surface area contributed by atoms with E-state index in [1.54, 1.807) is 6.07 Å². The Hall–Kier alpha value is -1.71. The molecule has 0 N–H and O–H groups in total. The van der Waals surface area contributed by atoms with Crippen molar-refractivity contribution < 1.29 is 18.0 Å². The fourth-order valence-electron chi connectivity index (χ4n) is 1.90. The number of ketones is 2. The fraction of sp³-hybridized carbons (Fsp3) is 0.357. The van der Waals surface area contributed by atoms with Gasteiger partial charge in [-0.15, -0.1) is 0 Å². The van der Waals surface area contributed by atoms with E-state index >= 15 is 0 Å². The molecule has 1 aliphatic carbocycles. The van der Waals surface area contributed by atoms with Crippen LogP contribution in [0.2, 0.25) is 0 Å². The minimum Gasteiger partial charge on any atom is -0.296 e. The Morgan fingerprint density at radius 2 is 1.81 bits per heavy atom. The largest absolute Gasteiger partial charge is 0.296 e. The van der Waals surface area contributed by atoms with Gasteiger partial charge in [0.25, 0.3) is 4.87 Å². The van der Waals surface area contributed by atoms with Gasteiger partial charge >= 0.3 is 0 Å². The highest BCUT2D eigenvalue weighted by Crippen LogP contribution is 2.37. The van der Waals surface area contributed by atoms with Gasteiger partial charge in [-0.1, -0.05) is 11.6 Å². The molecule has 0 aliphatic heterocycles. The number of benzene rings is 1. The van der Waals surface area contributed by atoms with Crippen LogP contribution in [0.1, 0.15) is 23.2 Å². The molecule has 0 amide bonds. The summed E-state index contributed by atoms with van der Waals surface area (Å²) in [5.74, 6) is -1.73. The first kappa shape index (κ1) is 15.7. The van der Waals surface area contributed by atoms with E-state index in [1.807, 2.05) is 0 Å². The third-order valence-corrected chi connectivity index (χ3v) is 4.87. The van der Waals surface area contributed by atoms with Gasteiger partial charge in [-0.2, -0.15) is 5.26 Å². The molecule has 1 aromatic carbocycles. The molecule has 0 spiro atoms. The normalized spacial score (nSPS) is 17.6. The summed E-state index contributed by atoms with van der Waals surface area (Å²) in [4.78, 5) is 22.2. The minimum atomic E-state index is -3.38. The highest BCUT2D eigenvalue weighted by molar-refractivity contribution is 7.90. The first-order valence-corrected chi connectivity index (χ1v) is 8.46. The molecular weight excluding hydrogens is 314 g/mol. The number of hydrogen-bond acceptors (Lipinski definition) is 5. The average Bonchev–Trinajstić information content (AvgIpc) is 3.28. The van der Waals surface area contributed by atoms with Gasteiger partial charge in [0, 0.05) is 17.7 Å². The summed E-state index contributed by atoms with van der Waals surface area (Å²) in [5.41, 5.74) is 0.0351. The Morgan fingerprint density at radius 3 is 2.19 bits per heavy atom. The van der Waals surface area contributed by atoms with Crippen LogP contribution in [0, 0.1) is 17.2 Å². The molecule has 0 heterocycles. The quantitative estimate of drug-likeness (QED) is 0.467. The second-order valence-corrected chi connectivity index (χ2v) is 7.62.